The third-order valence-electron chi connectivity index (χ3n) is 0. The van der Waals surface area contributed by atoms with Crippen LogP contribution in [-0.4, -0.2) is 44.7 Å². The molecule has 0 amide bonds. The van der Waals surface area contributed by atoms with Crippen LogP contribution < -0.4 is 30.6 Å². The number of carboxylic acid groups (broad SMARTS) is 6. The molecule has 0 bridgehead atoms. The minimum absolute atomic E-state index is 0. The normalized spacial score (nSPS) is 5.14. The van der Waals surface area contributed by atoms with Crippen molar-refractivity contribution < 1.29 is 86.3 Å². The van der Waals surface area contributed by atoms with Gasteiger partial charge in [0.25, 0.3) is 0 Å². The zero-order chi connectivity index (χ0) is 10.7. The summed E-state index contributed by atoms with van der Waals surface area (Å²) in [5, 5.41) is 50.0. The molecule has 0 rings (SSSR count). The molecular weight excluding hydrogens is 530 g/mol. The zero-order valence-electron chi connectivity index (χ0n) is 6.20. The molecule has 0 aromatic carbocycles. The number of hydrogen-bond donors (Lipinski definition) is 0. The Morgan fingerprint density at radius 1 is 0.571 bits per heavy atom. The van der Waals surface area contributed by atoms with Gasteiger partial charge in [-0.05, 0) is 18.5 Å². The van der Waals surface area contributed by atoms with Gasteiger partial charge >= 0.3 is 67.5 Å². The number of carbonyl (C=O) groups is 3. The smallest absolute Gasteiger partial charge is 0.652 e. The van der Waals surface area contributed by atoms with Crippen molar-refractivity contribution in [2.45, 2.75) is 0 Å². The van der Waals surface area contributed by atoms with Crippen LogP contribution in [0.25, 0.3) is 0 Å². The van der Waals surface area contributed by atoms with Gasteiger partial charge in [0.1, 0.15) is 0 Å². The molecule has 0 aliphatic rings. The Hall–Kier alpha value is 0.0568. The topological polar surface area (TPSA) is 190 Å². The standard InChI is InChI=1S/3CH2O3.Bi.Pr/c3*2-1(3)4;;/h3*(H2,2,3,4);;/q;;;2*+3/p-6. The van der Waals surface area contributed by atoms with E-state index in [1.165, 1.54) is 0 Å². The van der Waals surface area contributed by atoms with Gasteiger partial charge in [-0.15, -0.1) is 0 Å². The fourth-order valence-corrected chi connectivity index (χ4v) is 0. The average molecular weight is 530 g/mol. The molecule has 0 heterocycles. The summed E-state index contributed by atoms with van der Waals surface area (Å²) in [7, 11) is 0. The van der Waals surface area contributed by atoms with Crippen molar-refractivity contribution in [3.05, 3.63) is 0 Å². The first-order chi connectivity index (χ1) is 5.20. The minimum atomic E-state index is -2.33. The maximum absolute atomic E-state index is 8.33. The van der Waals surface area contributed by atoms with E-state index in [2.05, 4.69) is 0 Å². The third-order valence-corrected chi connectivity index (χ3v) is 0. The molecule has 0 atom stereocenters. The molecule has 0 aromatic heterocycles. The third kappa shape index (κ3) is 458000. The molecule has 11 heteroatoms. The van der Waals surface area contributed by atoms with E-state index in [1.807, 2.05) is 0 Å². The maximum Gasteiger partial charge on any atom is 3.00 e. The fourth-order valence-electron chi connectivity index (χ4n) is 0. The fraction of sp³-hybridized carbons (Fsp3) is 0. The van der Waals surface area contributed by atoms with Crippen molar-refractivity contribution in [2.75, 3.05) is 0 Å². The molecule has 2 radical (unpaired) electrons. The largest absolute Gasteiger partial charge is 3.00 e. The summed E-state index contributed by atoms with van der Waals surface area (Å²) in [6.45, 7) is 0. The Morgan fingerprint density at radius 3 is 0.571 bits per heavy atom. The summed E-state index contributed by atoms with van der Waals surface area (Å²) in [4.78, 5) is 25.0. The molecule has 0 saturated carbocycles. The van der Waals surface area contributed by atoms with E-state index in [0.29, 0.717) is 0 Å². The van der Waals surface area contributed by atoms with Gasteiger partial charge in [0.2, 0.25) is 0 Å². The molecule has 0 unspecified atom stereocenters. The first-order valence-corrected chi connectivity index (χ1v) is 1.84. The number of carbonyl (C=O) groups excluding carboxylic acids is 3. The Kier molecular flexibility index (Phi) is 48.3. The van der Waals surface area contributed by atoms with E-state index in [4.69, 9.17) is 45.0 Å². The van der Waals surface area contributed by atoms with E-state index < -0.39 is 18.5 Å². The van der Waals surface area contributed by atoms with Crippen LogP contribution in [0.15, 0.2) is 0 Å². The van der Waals surface area contributed by atoms with Crippen LogP contribution in [0.5, 0.6) is 0 Å². The van der Waals surface area contributed by atoms with Crippen molar-refractivity contribution in [3.63, 3.8) is 0 Å². The monoisotopic (exact) mass is 530 g/mol. The van der Waals surface area contributed by atoms with Crippen molar-refractivity contribution >= 4 is 44.7 Å². The molecule has 0 aromatic rings. The molecule has 0 saturated heterocycles. The van der Waals surface area contributed by atoms with Crippen LogP contribution in [0.4, 0.5) is 14.4 Å². The molecule has 74 valence electrons. The second-order valence-electron chi connectivity index (χ2n) is 0.750. The number of hydrogen-bond acceptors (Lipinski definition) is 9. The predicted octanol–water partition coefficient (Wildman–Crippen LogP) is -7.72. The predicted molar refractivity (Wildman–Crippen MR) is 21.9 cm³/mol. The van der Waals surface area contributed by atoms with E-state index in [0.717, 1.165) is 0 Å². The summed E-state index contributed by atoms with van der Waals surface area (Å²) in [5.74, 6) is 0. The van der Waals surface area contributed by atoms with Crippen LogP contribution >= 0.6 is 0 Å². The van der Waals surface area contributed by atoms with Crippen LogP contribution in [-0.2, 0) is 0 Å². The van der Waals surface area contributed by atoms with Crippen LogP contribution in [0, 0.1) is 41.3 Å². The molecule has 0 spiro atoms. The van der Waals surface area contributed by atoms with E-state index in [9.17, 15) is 0 Å². The van der Waals surface area contributed by atoms with Gasteiger partial charge < -0.3 is 45.0 Å². The van der Waals surface area contributed by atoms with Crippen molar-refractivity contribution in [2.24, 2.45) is 0 Å². The quantitative estimate of drug-likeness (QED) is 0.274. The van der Waals surface area contributed by atoms with Crippen LogP contribution in [0.1, 0.15) is 0 Å². The summed E-state index contributed by atoms with van der Waals surface area (Å²) in [5.41, 5.74) is 0. The molecule has 9 nitrogen and oxygen atoms in total. The SMILES string of the molecule is O=C([O-])[O-].O=C([O-])[O-].O=C([O-])[O-].[Bi+3].[Pr+3]. The second-order valence-corrected chi connectivity index (χ2v) is 0.750. The second kappa shape index (κ2) is 23.1. The summed E-state index contributed by atoms with van der Waals surface area (Å²) >= 11 is 0. The van der Waals surface area contributed by atoms with Gasteiger partial charge in [0, 0.05) is 0 Å². The maximum atomic E-state index is 8.33. The van der Waals surface area contributed by atoms with Gasteiger partial charge in [-0.1, -0.05) is 0 Å². The molecular formula is C3BiO9Pr. The Labute approximate surface area is 129 Å². The first-order valence-electron chi connectivity index (χ1n) is 1.84. The zero-order valence-corrected chi connectivity index (χ0v) is 13.4. The van der Waals surface area contributed by atoms with Crippen LogP contribution in [0.2, 0.25) is 0 Å². The van der Waals surface area contributed by atoms with Gasteiger partial charge in [0.15, 0.2) is 0 Å². The van der Waals surface area contributed by atoms with E-state index in [-0.39, 0.29) is 67.5 Å². The first kappa shape index (κ1) is 29.2. The van der Waals surface area contributed by atoms with E-state index >= 15 is 0 Å². The Morgan fingerprint density at radius 2 is 0.571 bits per heavy atom. The number of rotatable bonds is 0. The Bertz CT molecular complexity index is 118. The van der Waals surface area contributed by atoms with Gasteiger partial charge in [-0.3, -0.25) is 0 Å². The molecule has 0 fully saturated rings. The minimum Gasteiger partial charge on any atom is -0.652 e. The summed E-state index contributed by atoms with van der Waals surface area (Å²) < 4.78 is 0. The molecule has 0 aliphatic carbocycles. The molecule has 0 N–H and O–H groups in total. The van der Waals surface area contributed by atoms with Gasteiger partial charge in [-0.2, -0.15) is 0 Å². The van der Waals surface area contributed by atoms with Crippen molar-refractivity contribution in [1.82, 2.24) is 0 Å². The van der Waals surface area contributed by atoms with E-state index in [1.54, 1.807) is 0 Å². The van der Waals surface area contributed by atoms with Gasteiger partial charge in [0.05, 0.1) is 0 Å². The molecule has 0 aliphatic heterocycles. The van der Waals surface area contributed by atoms with Gasteiger partial charge in [-0.25, -0.2) is 0 Å². The van der Waals surface area contributed by atoms with Crippen LogP contribution in [0.3, 0.4) is 0 Å². The average Bonchev–Trinajstić information content (AvgIpc) is 1.54. The van der Waals surface area contributed by atoms with Crippen molar-refractivity contribution in [3.8, 4) is 0 Å². The summed E-state index contributed by atoms with van der Waals surface area (Å²) in [6.07, 6.45) is -7.00. The molecule has 14 heavy (non-hydrogen) atoms. The van der Waals surface area contributed by atoms with Crippen molar-refractivity contribution in [1.29, 1.82) is 0 Å². The summed E-state index contributed by atoms with van der Waals surface area (Å²) in [6, 6.07) is 0. The Balaban J connectivity index is -0.0000000270.